The van der Waals surface area contributed by atoms with Crippen LogP contribution in [0.3, 0.4) is 0 Å². The Morgan fingerprint density at radius 2 is 1.69 bits per heavy atom. The van der Waals surface area contributed by atoms with Gasteiger partial charge in [-0.05, 0) is 68.4 Å². The number of aryl methyl sites for hydroxylation is 1. The minimum Gasteiger partial charge on any atom is -0.359 e. The molecule has 0 saturated carbocycles. The largest absolute Gasteiger partial charge is 0.416 e. The molecule has 35 heavy (non-hydrogen) atoms. The van der Waals surface area contributed by atoms with E-state index in [1.807, 2.05) is 39.2 Å². The summed E-state index contributed by atoms with van der Waals surface area (Å²) in [6, 6.07) is 15.0. The molecule has 1 heterocycles. The van der Waals surface area contributed by atoms with Gasteiger partial charge < -0.3 is 10.2 Å². The molecule has 0 bridgehead atoms. The lowest BCUT2D eigenvalue weighted by Gasteiger charge is -2.21. The summed E-state index contributed by atoms with van der Waals surface area (Å²) in [5, 5.41) is 4.05. The molecule has 0 aliphatic heterocycles. The van der Waals surface area contributed by atoms with E-state index in [0.29, 0.717) is 17.0 Å². The van der Waals surface area contributed by atoms with E-state index in [-0.39, 0.29) is 5.56 Å². The highest BCUT2D eigenvalue weighted by Crippen LogP contribution is 2.35. The summed E-state index contributed by atoms with van der Waals surface area (Å²) in [5.74, 6) is 0.465. The fraction of sp³-hybridized carbons (Fsp3) is 0.259. The number of nitrogens with zero attached hydrogens (tertiary/aromatic N) is 3. The van der Waals surface area contributed by atoms with E-state index < -0.39 is 17.6 Å². The SMILES string of the molecule is CNCCCN(C)c1nc(-c2cccc(-c3cc(C(F)(F)F)ccc3F)c2)nc2c(C)cccc12. The molecule has 182 valence electrons. The first-order valence-electron chi connectivity index (χ1n) is 11.3. The average Bonchev–Trinajstić information content (AvgIpc) is 2.83. The highest BCUT2D eigenvalue weighted by atomic mass is 19.4. The van der Waals surface area contributed by atoms with Crippen LogP contribution < -0.4 is 10.2 Å². The van der Waals surface area contributed by atoms with Gasteiger partial charge in [-0.15, -0.1) is 0 Å². The normalized spacial score (nSPS) is 11.7. The molecule has 0 atom stereocenters. The number of halogens is 4. The van der Waals surface area contributed by atoms with Crippen LogP contribution in [0.2, 0.25) is 0 Å². The molecule has 0 aliphatic rings. The van der Waals surface area contributed by atoms with Crippen LogP contribution in [0, 0.1) is 12.7 Å². The van der Waals surface area contributed by atoms with Gasteiger partial charge in [0.25, 0.3) is 0 Å². The fourth-order valence-corrected chi connectivity index (χ4v) is 4.05. The fourth-order valence-electron chi connectivity index (χ4n) is 4.05. The molecular formula is C27H26F4N4. The molecule has 0 aliphatic carbocycles. The van der Waals surface area contributed by atoms with Crippen LogP contribution in [0.15, 0.2) is 60.7 Å². The summed E-state index contributed by atoms with van der Waals surface area (Å²) in [5.41, 5.74) is 1.67. The zero-order valence-electron chi connectivity index (χ0n) is 19.7. The Labute approximate surface area is 201 Å². The van der Waals surface area contributed by atoms with E-state index >= 15 is 0 Å². The Morgan fingerprint density at radius 1 is 0.943 bits per heavy atom. The molecule has 4 rings (SSSR count). The summed E-state index contributed by atoms with van der Waals surface area (Å²) in [6.45, 7) is 3.61. The van der Waals surface area contributed by atoms with Crippen LogP contribution >= 0.6 is 0 Å². The second-order valence-electron chi connectivity index (χ2n) is 8.49. The van der Waals surface area contributed by atoms with Crippen molar-refractivity contribution in [1.29, 1.82) is 0 Å². The second-order valence-corrected chi connectivity index (χ2v) is 8.49. The lowest BCUT2D eigenvalue weighted by Crippen LogP contribution is -2.23. The van der Waals surface area contributed by atoms with E-state index in [1.165, 1.54) is 0 Å². The minimum atomic E-state index is -4.56. The van der Waals surface area contributed by atoms with Crippen LogP contribution in [0.4, 0.5) is 23.4 Å². The second kappa shape index (κ2) is 10.00. The topological polar surface area (TPSA) is 41.0 Å². The first kappa shape index (κ1) is 24.6. The van der Waals surface area contributed by atoms with Crippen molar-refractivity contribution in [1.82, 2.24) is 15.3 Å². The van der Waals surface area contributed by atoms with E-state index in [2.05, 4.69) is 10.2 Å². The maximum Gasteiger partial charge on any atom is 0.416 e. The van der Waals surface area contributed by atoms with Gasteiger partial charge >= 0.3 is 6.18 Å². The summed E-state index contributed by atoms with van der Waals surface area (Å²) >= 11 is 0. The van der Waals surface area contributed by atoms with Crippen LogP contribution in [0.5, 0.6) is 0 Å². The molecule has 0 fully saturated rings. The van der Waals surface area contributed by atoms with Crippen molar-refractivity contribution in [3.8, 4) is 22.5 Å². The summed E-state index contributed by atoms with van der Waals surface area (Å²) in [4.78, 5) is 11.7. The number of nitrogens with one attached hydrogen (secondary N) is 1. The molecule has 4 aromatic rings. The standard InChI is InChI=1S/C27H26F4N4/c1-17-7-4-10-21-24(17)33-25(34-26(21)35(3)14-6-13-32-2)19-9-5-8-18(15-19)22-16-20(27(29,30)31)11-12-23(22)28/h4-5,7-12,15-16,32H,6,13-14H2,1-3H3. The predicted molar refractivity (Wildman–Crippen MR) is 132 cm³/mol. The molecule has 0 amide bonds. The quantitative estimate of drug-likeness (QED) is 0.242. The zero-order valence-corrected chi connectivity index (χ0v) is 19.7. The average molecular weight is 483 g/mol. The number of anilines is 1. The van der Waals surface area contributed by atoms with Crippen LogP contribution in [0.25, 0.3) is 33.4 Å². The Hall–Kier alpha value is -3.52. The maximum absolute atomic E-state index is 14.5. The van der Waals surface area contributed by atoms with Gasteiger partial charge in [-0.3, -0.25) is 0 Å². The van der Waals surface area contributed by atoms with Crippen LogP contribution in [0.1, 0.15) is 17.5 Å². The highest BCUT2D eigenvalue weighted by Gasteiger charge is 2.31. The molecule has 3 aromatic carbocycles. The third-order valence-corrected chi connectivity index (χ3v) is 5.92. The van der Waals surface area contributed by atoms with Gasteiger partial charge in [-0.25, -0.2) is 14.4 Å². The number of rotatable bonds is 7. The Balaban J connectivity index is 1.82. The molecule has 0 radical (unpaired) electrons. The van der Waals surface area contributed by atoms with Gasteiger partial charge in [-0.1, -0.05) is 30.3 Å². The molecule has 8 heteroatoms. The van der Waals surface area contributed by atoms with Gasteiger partial charge in [0.1, 0.15) is 11.6 Å². The van der Waals surface area contributed by atoms with Gasteiger partial charge in [0.2, 0.25) is 0 Å². The smallest absolute Gasteiger partial charge is 0.359 e. The summed E-state index contributed by atoms with van der Waals surface area (Å²) in [6.07, 6.45) is -3.64. The van der Waals surface area contributed by atoms with Crippen molar-refractivity contribution in [3.05, 3.63) is 77.6 Å². The first-order valence-corrected chi connectivity index (χ1v) is 11.3. The van der Waals surface area contributed by atoms with Crippen LogP contribution in [-0.2, 0) is 6.18 Å². The lowest BCUT2D eigenvalue weighted by atomic mass is 10.00. The number of fused-ring (bicyclic) bond motifs is 1. The summed E-state index contributed by atoms with van der Waals surface area (Å²) < 4.78 is 54.2. The number of hydrogen-bond donors (Lipinski definition) is 1. The van der Waals surface area contributed by atoms with Crippen LogP contribution in [-0.4, -0.2) is 37.2 Å². The first-order chi connectivity index (χ1) is 16.7. The van der Waals surface area contributed by atoms with Crippen molar-refractivity contribution < 1.29 is 17.6 Å². The molecular weight excluding hydrogens is 456 g/mol. The predicted octanol–water partition coefficient (Wildman–Crippen LogP) is 6.48. The van der Waals surface area contributed by atoms with E-state index in [1.54, 1.807) is 24.3 Å². The molecule has 0 spiro atoms. The molecule has 1 aromatic heterocycles. The molecule has 0 unspecified atom stereocenters. The van der Waals surface area contributed by atoms with Gasteiger partial charge in [-0.2, -0.15) is 13.2 Å². The minimum absolute atomic E-state index is 0.122. The summed E-state index contributed by atoms with van der Waals surface area (Å²) in [7, 11) is 3.87. The van der Waals surface area contributed by atoms with Crippen molar-refractivity contribution in [2.45, 2.75) is 19.5 Å². The van der Waals surface area contributed by atoms with Gasteiger partial charge in [0.05, 0.1) is 11.1 Å². The Bertz CT molecular complexity index is 1350. The van der Waals surface area contributed by atoms with E-state index in [0.717, 1.165) is 60.0 Å². The number of benzene rings is 3. The maximum atomic E-state index is 14.5. The van der Waals surface area contributed by atoms with Gasteiger partial charge in [0, 0.05) is 30.1 Å². The van der Waals surface area contributed by atoms with E-state index in [4.69, 9.17) is 9.97 Å². The molecule has 4 nitrogen and oxygen atoms in total. The van der Waals surface area contributed by atoms with Gasteiger partial charge in [0.15, 0.2) is 5.82 Å². The van der Waals surface area contributed by atoms with Crippen molar-refractivity contribution >= 4 is 16.7 Å². The Morgan fingerprint density at radius 3 is 2.43 bits per heavy atom. The van der Waals surface area contributed by atoms with Crippen molar-refractivity contribution in [2.24, 2.45) is 0 Å². The van der Waals surface area contributed by atoms with E-state index in [9.17, 15) is 17.6 Å². The third-order valence-electron chi connectivity index (χ3n) is 5.92. The van der Waals surface area contributed by atoms with Crippen molar-refractivity contribution in [3.63, 3.8) is 0 Å². The Kier molecular flexibility index (Phi) is 7.03. The zero-order chi connectivity index (χ0) is 25.2. The monoisotopic (exact) mass is 482 g/mol. The van der Waals surface area contributed by atoms with Crippen molar-refractivity contribution in [2.75, 3.05) is 32.1 Å². The number of alkyl halides is 3. The number of aromatic nitrogens is 2. The lowest BCUT2D eigenvalue weighted by molar-refractivity contribution is -0.137. The molecule has 1 N–H and O–H groups in total. The third kappa shape index (κ3) is 5.27. The number of hydrogen-bond acceptors (Lipinski definition) is 4. The number of para-hydroxylation sites is 1. The highest BCUT2D eigenvalue weighted by molar-refractivity contribution is 5.93. The molecule has 0 saturated heterocycles.